The third-order valence-corrected chi connectivity index (χ3v) is 6.07. The Bertz CT molecular complexity index is 1720. The predicted octanol–water partition coefficient (Wildman–Crippen LogP) is 2.80. The van der Waals surface area contributed by atoms with Gasteiger partial charge in [-0.3, -0.25) is 9.13 Å². The van der Waals surface area contributed by atoms with Crippen LogP contribution in [0.15, 0.2) is 70.3 Å². The van der Waals surface area contributed by atoms with Crippen molar-refractivity contribution in [2.75, 3.05) is 12.8 Å². The topological polar surface area (TPSA) is 123 Å². The van der Waals surface area contributed by atoms with Crippen LogP contribution >= 0.6 is 0 Å². The number of hydrogen-bond acceptors (Lipinski definition) is 7. The fourth-order valence-corrected chi connectivity index (χ4v) is 4.25. The lowest BCUT2D eigenvalue weighted by molar-refractivity contribution is 0.415. The van der Waals surface area contributed by atoms with Crippen LogP contribution in [0.5, 0.6) is 5.75 Å². The van der Waals surface area contributed by atoms with Crippen LogP contribution in [0.25, 0.3) is 39.5 Å². The molecule has 1 aromatic carbocycles. The Kier molecular flexibility index (Phi) is 4.69. The van der Waals surface area contributed by atoms with E-state index in [0.29, 0.717) is 41.5 Å². The van der Waals surface area contributed by atoms with E-state index in [-0.39, 0.29) is 11.6 Å². The van der Waals surface area contributed by atoms with E-state index in [2.05, 4.69) is 15.1 Å². The normalized spacial score (nSPS) is 11.6. The Hall–Kier alpha value is -4.80. The van der Waals surface area contributed by atoms with Gasteiger partial charge in [0, 0.05) is 32.5 Å². The third kappa shape index (κ3) is 3.36. The van der Waals surface area contributed by atoms with E-state index >= 15 is 0 Å². The number of hydrogen-bond donors (Lipinski definition) is 1. The lowest BCUT2D eigenvalue weighted by atomic mass is 10.1. The first kappa shape index (κ1) is 20.8. The molecule has 0 radical (unpaired) electrons. The highest BCUT2D eigenvalue weighted by Gasteiger charge is 2.21. The molecule has 0 spiro atoms. The number of aryl methyl sites for hydroxylation is 3. The number of aromatic nitrogens is 7. The second-order valence-corrected chi connectivity index (χ2v) is 8.15. The minimum absolute atomic E-state index is 0.139. The molecule has 11 nitrogen and oxygen atoms in total. The van der Waals surface area contributed by atoms with Gasteiger partial charge >= 0.3 is 5.69 Å². The Balaban J connectivity index is 1.34. The molecule has 0 atom stereocenters. The Morgan fingerprint density at radius 2 is 1.86 bits per heavy atom. The molecule has 0 aliphatic heterocycles. The average molecular weight is 470 g/mol. The van der Waals surface area contributed by atoms with Crippen LogP contribution in [-0.2, 0) is 20.1 Å². The zero-order valence-corrected chi connectivity index (χ0v) is 19.1. The van der Waals surface area contributed by atoms with Gasteiger partial charge in [0.2, 0.25) is 11.8 Å². The molecule has 0 amide bonds. The first-order valence-electron chi connectivity index (χ1n) is 11.0. The van der Waals surface area contributed by atoms with E-state index in [9.17, 15) is 4.79 Å². The molecule has 0 fully saturated rings. The number of fused-ring (bicyclic) bond motifs is 3. The van der Waals surface area contributed by atoms with Gasteiger partial charge in [-0.25, -0.2) is 9.78 Å². The van der Waals surface area contributed by atoms with Crippen molar-refractivity contribution in [2.45, 2.75) is 13.1 Å². The lowest BCUT2D eigenvalue weighted by Gasteiger charge is -2.05. The molecule has 35 heavy (non-hydrogen) atoms. The largest absolute Gasteiger partial charge is 0.497 e. The highest BCUT2D eigenvalue weighted by atomic mass is 16.5. The predicted molar refractivity (Wildman–Crippen MR) is 130 cm³/mol. The molecule has 0 saturated carbocycles. The Labute approximate surface area is 198 Å². The molecule has 0 bridgehead atoms. The molecule has 0 aliphatic carbocycles. The summed E-state index contributed by atoms with van der Waals surface area (Å²) < 4.78 is 17.2. The molecule has 6 aromatic rings. The van der Waals surface area contributed by atoms with Crippen LogP contribution in [0.2, 0.25) is 0 Å². The van der Waals surface area contributed by atoms with Gasteiger partial charge < -0.3 is 19.5 Å². The molecule has 5 aromatic heterocycles. The monoisotopic (exact) mass is 470 g/mol. The van der Waals surface area contributed by atoms with E-state index in [1.165, 1.54) is 9.08 Å². The van der Waals surface area contributed by atoms with Crippen LogP contribution < -0.4 is 16.2 Å². The number of benzene rings is 1. The molecule has 11 heteroatoms. The second-order valence-electron chi connectivity index (χ2n) is 8.15. The fraction of sp³-hybridized carbons (Fsp3) is 0.167. The van der Waals surface area contributed by atoms with Gasteiger partial charge in [0.25, 0.3) is 0 Å². The summed E-state index contributed by atoms with van der Waals surface area (Å²) in [5, 5.41) is 4.41. The molecule has 0 saturated heterocycles. The average Bonchev–Trinajstić information content (AvgIpc) is 3.66. The summed E-state index contributed by atoms with van der Waals surface area (Å²) in [6.07, 6.45) is 5.59. The summed E-state index contributed by atoms with van der Waals surface area (Å²) in [7, 11) is 3.34. The molecular formula is C24H22N8O3. The van der Waals surface area contributed by atoms with E-state index in [4.69, 9.17) is 14.9 Å². The molecule has 6 rings (SSSR count). The van der Waals surface area contributed by atoms with Crippen molar-refractivity contribution in [3.8, 4) is 28.5 Å². The number of furan rings is 1. The van der Waals surface area contributed by atoms with Crippen molar-refractivity contribution in [1.29, 1.82) is 0 Å². The van der Waals surface area contributed by atoms with Gasteiger partial charge in [-0.05, 0) is 41.5 Å². The number of ether oxygens (including phenoxy) is 1. The summed E-state index contributed by atoms with van der Waals surface area (Å²) in [5.41, 5.74) is 9.62. The van der Waals surface area contributed by atoms with Crippen molar-refractivity contribution < 1.29 is 9.15 Å². The smallest absolute Gasteiger partial charge is 0.330 e. The maximum absolute atomic E-state index is 13.1. The van der Waals surface area contributed by atoms with Crippen molar-refractivity contribution in [1.82, 2.24) is 33.3 Å². The van der Waals surface area contributed by atoms with Crippen molar-refractivity contribution in [2.24, 2.45) is 7.05 Å². The van der Waals surface area contributed by atoms with Crippen molar-refractivity contribution >= 4 is 22.8 Å². The first-order chi connectivity index (χ1) is 17.0. The van der Waals surface area contributed by atoms with Crippen LogP contribution in [0.1, 0.15) is 0 Å². The van der Waals surface area contributed by atoms with Crippen molar-refractivity contribution in [3.63, 3.8) is 0 Å². The number of nitrogens with zero attached hydrogens (tertiary/aromatic N) is 7. The molecule has 5 heterocycles. The minimum Gasteiger partial charge on any atom is -0.497 e. The van der Waals surface area contributed by atoms with Gasteiger partial charge in [0.05, 0.1) is 13.4 Å². The molecule has 2 N–H and O–H groups in total. The summed E-state index contributed by atoms with van der Waals surface area (Å²) in [5.74, 6) is 1.83. The molecule has 176 valence electrons. The molecule has 0 unspecified atom stereocenters. The minimum atomic E-state index is -0.204. The SMILES string of the molecule is COc1ccc(-c2ccn(CCn3c(=O)n(C)c4c3nc(N)n3nc(-c5ccco5)nc43)c2)cc1. The summed E-state index contributed by atoms with van der Waals surface area (Å²) >= 11 is 0. The summed E-state index contributed by atoms with van der Waals surface area (Å²) in [6.45, 7) is 0.987. The highest BCUT2D eigenvalue weighted by molar-refractivity contribution is 5.88. The number of methoxy groups -OCH3 is 1. The van der Waals surface area contributed by atoms with E-state index in [0.717, 1.165) is 16.9 Å². The second kappa shape index (κ2) is 7.90. The summed E-state index contributed by atoms with van der Waals surface area (Å²) in [6, 6.07) is 13.5. The number of nitrogens with two attached hydrogens (primary N) is 1. The highest BCUT2D eigenvalue weighted by Crippen LogP contribution is 2.24. The number of imidazole rings is 1. The van der Waals surface area contributed by atoms with Gasteiger partial charge in [0.1, 0.15) is 11.3 Å². The Morgan fingerprint density at radius 1 is 1.03 bits per heavy atom. The van der Waals surface area contributed by atoms with Crippen LogP contribution in [0, 0.1) is 0 Å². The number of nitrogen functional groups attached to an aromatic ring is 1. The standard InChI is InChI=1S/C24H22N8O3/c1-29-19-21(27-23(25)32-22(19)26-20(28-32)18-4-3-13-35-18)31(24(29)33)12-11-30-10-9-16(14-30)15-5-7-17(34-2)8-6-15/h3-10,13-14H,11-12H2,1-2H3,(H2,25,27). The van der Waals surface area contributed by atoms with Crippen LogP contribution in [0.4, 0.5) is 5.95 Å². The van der Waals surface area contributed by atoms with E-state index in [1.807, 2.05) is 47.3 Å². The lowest BCUT2D eigenvalue weighted by Crippen LogP contribution is -2.24. The number of anilines is 1. The fourth-order valence-electron chi connectivity index (χ4n) is 4.25. The summed E-state index contributed by atoms with van der Waals surface area (Å²) in [4.78, 5) is 22.2. The third-order valence-electron chi connectivity index (χ3n) is 6.07. The first-order valence-corrected chi connectivity index (χ1v) is 11.0. The van der Waals surface area contributed by atoms with Crippen molar-refractivity contribution in [3.05, 3.63) is 71.6 Å². The van der Waals surface area contributed by atoms with E-state index < -0.39 is 0 Å². The zero-order chi connectivity index (χ0) is 24.1. The maximum Gasteiger partial charge on any atom is 0.330 e. The van der Waals surface area contributed by atoms with Gasteiger partial charge in [0.15, 0.2) is 17.1 Å². The van der Waals surface area contributed by atoms with E-state index in [1.54, 1.807) is 37.1 Å². The van der Waals surface area contributed by atoms with Gasteiger partial charge in [-0.15, -0.1) is 5.10 Å². The van der Waals surface area contributed by atoms with Crippen LogP contribution in [-0.4, -0.2) is 40.4 Å². The molecule has 0 aliphatic rings. The number of rotatable bonds is 6. The van der Waals surface area contributed by atoms with Gasteiger partial charge in [-0.2, -0.15) is 9.50 Å². The molecular weight excluding hydrogens is 448 g/mol. The van der Waals surface area contributed by atoms with Crippen LogP contribution in [0.3, 0.4) is 0 Å². The van der Waals surface area contributed by atoms with Gasteiger partial charge in [-0.1, -0.05) is 12.1 Å². The zero-order valence-electron chi connectivity index (χ0n) is 19.1. The Morgan fingerprint density at radius 3 is 2.60 bits per heavy atom. The quantitative estimate of drug-likeness (QED) is 0.397. The maximum atomic E-state index is 13.1.